The largest absolute Gasteiger partial charge is 0.453 e. The van der Waals surface area contributed by atoms with Crippen molar-refractivity contribution in [1.82, 2.24) is 0 Å². The third kappa shape index (κ3) is 5.49. The van der Waals surface area contributed by atoms with Crippen molar-refractivity contribution in [2.75, 3.05) is 5.32 Å². The Hall–Kier alpha value is -4.32. The molecule has 1 aliphatic carbocycles. The zero-order chi connectivity index (χ0) is 36.2. The van der Waals surface area contributed by atoms with E-state index >= 15 is 0 Å². The molecule has 1 N–H and O–H groups in total. The van der Waals surface area contributed by atoms with Crippen molar-refractivity contribution in [2.24, 2.45) is 0 Å². The number of para-hydroxylation sites is 3. The van der Waals surface area contributed by atoms with Crippen molar-refractivity contribution in [3.05, 3.63) is 142 Å². The van der Waals surface area contributed by atoms with Crippen LogP contribution in [0.5, 0.6) is 11.5 Å². The molecule has 1 unspecified atom stereocenters. The highest BCUT2D eigenvalue weighted by Crippen LogP contribution is 2.51. The average molecular weight is 725 g/mol. The maximum atomic E-state index is 6.47. The van der Waals surface area contributed by atoms with Crippen LogP contribution in [0.3, 0.4) is 0 Å². The van der Waals surface area contributed by atoms with Gasteiger partial charge in [0.05, 0.1) is 11.4 Å². The van der Waals surface area contributed by atoms with Gasteiger partial charge in [-0.15, -0.1) is 0 Å². The summed E-state index contributed by atoms with van der Waals surface area (Å²) in [5.74, 6) is 1.93. The molecule has 10 rings (SSSR count). The van der Waals surface area contributed by atoms with E-state index in [1.54, 1.807) is 5.56 Å². The Labute approximate surface area is 323 Å². The zero-order valence-electron chi connectivity index (χ0n) is 31.3. The van der Waals surface area contributed by atoms with Gasteiger partial charge in [0.1, 0.15) is 0 Å². The summed E-state index contributed by atoms with van der Waals surface area (Å²) in [6, 6.07) is 38.5. The van der Waals surface area contributed by atoms with E-state index in [-0.39, 0.29) is 16.7 Å². The zero-order valence-corrected chi connectivity index (χ0v) is 32.9. The molecule has 5 heteroatoms. The van der Waals surface area contributed by atoms with Crippen LogP contribution < -0.4 is 21.0 Å². The van der Waals surface area contributed by atoms with Crippen molar-refractivity contribution in [3.63, 3.8) is 0 Å². The maximum Gasteiger partial charge on any atom is 0.193 e. The van der Waals surface area contributed by atoms with E-state index in [4.69, 9.17) is 4.74 Å². The summed E-state index contributed by atoms with van der Waals surface area (Å²) < 4.78 is 6.47. The molecule has 0 saturated heterocycles. The molecule has 1 radical (unpaired) electrons. The van der Waals surface area contributed by atoms with E-state index in [1.807, 2.05) is 35.7 Å². The number of ether oxygens (including phenoxy) is 1. The fourth-order valence-corrected chi connectivity index (χ4v) is 11.5. The summed E-state index contributed by atoms with van der Waals surface area (Å²) in [6.45, 7) is 14.4. The summed E-state index contributed by atoms with van der Waals surface area (Å²) in [5, 5.41) is 3.76. The second-order valence-electron chi connectivity index (χ2n) is 16.8. The molecule has 0 saturated carbocycles. The minimum Gasteiger partial charge on any atom is -0.453 e. The third-order valence-corrected chi connectivity index (χ3v) is 14.8. The lowest BCUT2D eigenvalue weighted by atomic mass is 9.52. The highest BCUT2D eigenvalue weighted by Gasteiger charge is 2.38. The number of nitrogens with one attached hydrogen (secondary N) is 1. The Kier molecular flexibility index (Phi) is 7.59. The van der Waals surface area contributed by atoms with Crippen molar-refractivity contribution >= 4 is 53.1 Å². The van der Waals surface area contributed by atoms with Crippen LogP contribution in [0.2, 0.25) is 0 Å². The number of hydrogen-bond acceptors (Lipinski definition) is 4. The monoisotopic (exact) mass is 724 g/mol. The molecule has 53 heavy (non-hydrogen) atoms. The van der Waals surface area contributed by atoms with Gasteiger partial charge in [-0.3, -0.25) is 0 Å². The van der Waals surface area contributed by atoms with Crippen molar-refractivity contribution in [1.29, 1.82) is 0 Å². The normalized spacial score (nSPS) is 18.0. The van der Waals surface area contributed by atoms with E-state index in [1.165, 1.54) is 87.9 Å². The molecule has 3 aliphatic heterocycles. The minimum absolute atomic E-state index is 0.160. The third-order valence-electron chi connectivity index (χ3n) is 12.3. The van der Waals surface area contributed by atoms with Gasteiger partial charge >= 0.3 is 0 Å². The second kappa shape index (κ2) is 12.1. The van der Waals surface area contributed by atoms with Crippen LogP contribution in [0.25, 0.3) is 11.1 Å². The smallest absolute Gasteiger partial charge is 0.193 e. The van der Waals surface area contributed by atoms with Gasteiger partial charge in [0, 0.05) is 31.1 Å². The van der Waals surface area contributed by atoms with Gasteiger partial charge in [-0.25, -0.2) is 0 Å². The van der Waals surface area contributed by atoms with Crippen LogP contribution in [0.15, 0.2) is 123 Å². The number of aryl methyl sites for hydroxylation is 2. The Bertz CT molecular complexity index is 2520. The molecule has 4 aliphatic rings. The number of fused-ring (bicyclic) bond motifs is 7. The maximum absolute atomic E-state index is 6.47. The summed E-state index contributed by atoms with van der Waals surface area (Å²) in [6.07, 6.45) is 3.40. The van der Waals surface area contributed by atoms with Crippen LogP contribution in [0.4, 0.5) is 11.4 Å². The average Bonchev–Trinajstić information content (AvgIpc) is 3.14. The number of benzene rings is 6. The molecule has 0 amide bonds. The van der Waals surface area contributed by atoms with Crippen molar-refractivity contribution in [3.8, 4) is 22.6 Å². The highest BCUT2D eigenvalue weighted by molar-refractivity contribution is 8.05. The van der Waals surface area contributed by atoms with Crippen LogP contribution in [-0.4, -0.2) is 7.28 Å². The summed E-state index contributed by atoms with van der Waals surface area (Å²) in [7, 11) is 2.48. The molecule has 0 spiro atoms. The Morgan fingerprint density at radius 2 is 1.36 bits per heavy atom. The van der Waals surface area contributed by atoms with Gasteiger partial charge < -0.3 is 10.1 Å². The summed E-state index contributed by atoms with van der Waals surface area (Å²) >= 11 is 3.83. The Morgan fingerprint density at radius 1 is 0.679 bits per heavy atom. The summed E-state index contributed by atoms with van der Waals surface area (Å²) in [5.41, 5.74) is 17.5. The molecule has 6 aromatic rings. The van der Waals surface area contributed by atoms with E-state index in [0.29, 0.717) is 0 Å². The molecule has 2 nitrogen and oxygen atoms in total. The van der Waals surface area contributed by atoms with Crippen LogP contribution >= 0.6 is 23.5 Å². The minimum atomic E-state index is 0.160. The van der Waals surface area contributed by atoms with E-state index in [9.17, 15) is 0 Å². The Balaban J connectivity index is 1.15. The molecule has 3 heterocycles. The van der Waals surface area contributed by atoms with Gasteiger partial charge in [0.25, 0.3) is 0 Å². The van der Waals surface area contributed by atoms with Gasteiger partial charge in [0.15, 0.2) is 18.8 Å². The standard InChI is InChI=1S/C48H43BNOS2/c1-27-20-33(30-12-11-15-40-46(30)50-38-13-7-8-14-39(38)51-40)45-34(21-27)31(23-29-24-36-35(22-28(29)2)47(3,4)18-19-48(36,5)6)32-25-43-44(26-37(32)49-45)53-42-17-10-9-16-41(42)52-43/h7-17,20-22,24-26,31,50H,18-19,23H2,1-6H3. The fraction of sp³-hybridized carbons (Fsp3) is 0.250. The van der Waals surface area contributed by atoms with Crippen molar-refractivity contribution < 1.29 is 4.74 Å². The van der Waals surface area contributed by atoms with Crippen molar-refractivity contribution in [2.45, 2.75) is 97.1 Å². The molecule has 0 bridgehead atoms. The van der Waals surface area contributed by atoms with Gasteiger partial charge in [-0.2, -0.15) is 0 Å². The number of hydrogen-bond donors (Lipinski definition) is 1. The molecular weight excluding hydrogens is 681 g/mol. The van der Waals surface area contributed by atoms with E-state index in [2.05, 4.69) is 145 Å². The predicted molar refractivity (Wildman–Crippen MR) is 225 cm³/mol. The summed E-state index contributed by atoms with van der Waals surface area (Å²) in [4.78, 5) is 5.40. The first-order valence-electron chi connectivity index (χ1n) is 19.0. The molecule has 6 aromatic carbocycles. The predicted octanol–water partition coefficient (Wildman–Crippen LogP) is 12.1. The number of rotatable bonds is 3. The lowest BCUT2D eigenvalue weighted by Gasteiger charge is -2.42. The van der Waals surface area contributed by atoms with Gasteiger partial charge in [0.2, 0.25) is 0 Å². The van der Waals surface area contributed by atoms with Crippen LogP contribution in [0, 0.1) is 13.8 Å². The molecule has 0 fully saturated rings. The Morgan fingerprint density at radius 3 is 2.13 bits per heavy atom. The van der Waals surface area contributed by atoms with E-state index < -0.39 is 0 Å². The molecule has 0 aromatic heterocycles. The quantitative estimate of drug-likeness (QED) is 0.183. The van der Waals surface area contributed by atoms with Gasteiger partial charge in [-0.05, 0) is 119 Å². The molecule has 261 valence electrons. The van der Waals surface area contributed by atoms with Gasteiger partial charge in [-0.1, -0.05) is 134 Å². The van der Waals surface area contributed by atoms with E-state index in [0.717, 1.165) is 29.3 Å². The van der Waals surface area contributed by atoms with Crippen LogP contribution in [-0.2, 0) is 17.3 Å². The first-order chi connectivity index (χ1) is 25.5. The molecular formula is C48H43BNOS2. The molecule has 1 atom stereocenters. The highest BCUT2D eigenvalue weighted by atomic mass is 32.2. The lowest BCUT2D eigenvalue weighted by molar-refractivity contribution is 0.331. The first-order valence-corrected chi connectivity index (χ1v) is 20.6. The first kappa shape index (κ1) is 33.3. The second-order valence-corrected chi connectivity index (χ2v) is 19.0. The topological polar surface area (TPSA) is 21.3 Å². The lowest BCUT2D eigenvalue weighted by Crippen LogP contribution is -2.41. The van der Waals surface area contributed by atoms with Crippen LogP contribution in [0.1, 0.15) is 85.4 Å². The fourth-order valence-electron chi connectivity index (χ4n) is 9.16. The SMILES string of the molecule is Cc1cc(-c2cccc3c2Nc2ccccc2O3)c2c(c1)C(Cc1cc3c(cc1C)C(C)(C)CCC3(C)C)c1cc3c(cc1[B]2)Sc1ccccc1S3. The number of anilines is 2.